The summed E-state index contributed by atoms with van der Waals surface area (Å²) in [4.78, 5) is 25.3. The predicted molar refractivity (Wildman–Crippen MR) is 175 cm³/mol. The summed E-state index contributed by atoms with van der Waals surface area (Å²) in [6.07, 6.45) is 8.53. The Labute approximate surface area is 257 Å². The van der Waals surface area contributed by atoms with E-state index in [-0.39, 0.29) is 6.10 Å². The summed E-state index contributed by atoms with van der Waals surface area (Å²) in [5.41, 5.74) is 4.25. The van der Waals surface area contributed by atoms with Crippen LogP contribution in [0.25, 0.3) is 5.76 Å². The second-order valence-electron chi connectivity index (χ2n) is 9.99. The van der Waals surface area contributed by atoms with E-state index in [0.717, 1.165) is 75.0 Å². The molecule has 9 heteroatoms. The summed E-state index contributed by atoms with van der Waals surface area (Å²) in [6, 6.07) is 8.54. The summed E-state index contributed by atoms with van der Waals surface area (Å²) in [5, 5.41) is 18.3. The normalized spacial score (nSPS) is 12.9. The molecule has 1 saturated heterocycles. The molecule has 3 rings (SSSR count). The fourth-order valence-corrected chi connectivity index (χ4v) is 5.25. The number of nitrogens with one attached hydrogen (secondary N) is 1. The number of aliphatic hydroxyl groups is 2. The van der Waals surface area contributed by atoms with Crippen molar-refractivity contribution in [2.45, 2.75) is 78.9 Å². The van der Waals surface area contributed by atoms with Crippen LogP contribution >= 0.6 is 11.3 Å². The third-order valence-corrected chi connectivity index (χ3v) is 7.92. The van der Waals surface area contributed by atoms with E-state index < -0.39 is 5.54 Å². The summed E-state index contributed by atoms with van der Waals surface area (Å²) in [5.74, 6) is 0.634. The van der Waals surface area contributed by atoms with Gasteiger partial charge in [0.1, 0.15) is 12.0 Å². The number of hydrogen-bond acceptors (Lipinski definition) is 8. The molecular weight excluding hydrogens is 552 g/mol. The lowest BCUT2D eigenvalue weighted by Crippen LogP contribution is -2.43. The lowest BCUT2D eigenvalue weighted by atomic mass is 9.99. The number of amides is 1. The molecule has 0 aliphatic carbocycles. The van der Waals surface area contributed by atoms with E-state index in [1.807, 2.05) is 40.8 Å². The third kappa shape index (κ3) is 12.9. The summed E-state index contributed by atoms with van der Waals surface area (Å²) >= 11 is 1.70. The molecular formula is C33H52N2O6S. The number of aryl methyl sites for hydroxylation is 1. The van der Waals surface area contributed by atoms with Gasteiger partial charge in [-0.1, -0.05) is 43.8 Å². The van der Waals surface area contributed by atoms with Gasteiger partial charge in [-0.3, -0.25) is 4.79 Å². The molecule has 8 nitrogen and oxygen atoms in total. The van der Waals surface area contributed by atoms with E-state index in [2.05, 4.69) is 54.9 Å². The maximum atomic E-state index is 11.7. The number of rotatable bonds is 11. The third-order valence-electron chi connectivity index (χ3n) is 6.60. The van der Waals surface area contributed by atoms with Crippen molar-refractivity contribution in [3.8, 4) is 0 Å². The Morgan fingerprint density at radius 1 is 1.19 bits per heavy atom. The second kappa shape index (κ2) is 21.7. The number of likely N-dealkylation sites (N-methyl/N-ethyl adjacent to an activating group) is 1. The van der Waals surface area contributed by atoms with Crippen LogP contribution in [0.3, 0.4) is 0 Å². The van der Waals surface area contributed by atoms with Crippen molar-refractivity contribution >= 4 is 35.5 Å². The quantitative estimate of drug-likeness (QED) is 0.224. The van der Waals surface area contributed by atoms with Crippen molar-refractivity contribution in [2.24, 2.45) is 0 Å². The number of aldehydes is 1. The monoisotopic (exact) mass is 604 g/mol. The predicted octanol–water partition coefficient (Wildman–Crippen LogP) is 5.66. The molecule has 1 aliphatic rings. The van der Waals surface area contributed by atoms with Crippen molar-refractivity contribution in [3.05, 3.63) is 69.6 Å². The molecule has 1 amide bonds. The summed E-state index contributed by atoms with van der Waals surface area (Å²) in [7, 11) is 2.98. The minimum absolute atomic E-state index is 0.0891. The van der Waals surface area contributed by atoms with Crippen LogP contribution in [0.4, 0.5) is 5.69 Å². The minimum atomic E-state index is -0.604. The number of ether oxygens (including phenoxy) is 2. The molecule has 2 aromatic rings. The number of hydrogen-bond donors (Lipinski definition) is 3. The standard InChI is InChI=1S/C24H31NO2S.C5H10O2.C3H7NO.CH4O/c1-8-14-27-18(4)23-17(3)22(25(7)24(5,6)16-26)21(28-23)15-20-13-11-10-12-19(20)9-2;6-5-1-3-7-4-2-5;1-2-4-3-5;1-2/h8,10-14,16H,4,9,15H2,1-3,5-7H3;5-6H,1-4H2;3H,2H2,1H3,(H,4,5);2H,1H3/b14-8-;;;. The van der Waals surface area contributed by atoms with E-state index in [4.69, 9.17) is 19.7 Å². The highest BCUT2D eigenvalue weighted by atomic mass is 32.1. The van der Waals surface area contributed by atoms with Gasteiger partial charge in [-0.2, -0.15) is 0 Å². The zero-order chi connectivity index (χ0) is 32.1. The number of benzene rings is 1. The zero-order valence-electron chi connectivity index (χ0n) is 26.7. The Balaban J connectivity index is 0.000000986. The fraction of sp³-hybridized carbons (Fsp3) is 0.515. The molecule has 0 radical (unpaired) electrons. The van der Waals surface area contributed by atoms with Gasteiger partial charge in [0.25, 0.3) is 0 Å². The van der Waals surface area contributed by atoms with Gasteiger partial charge in [-0.05, 0) is 70.6 Å². The number of nitrogens with zero attached hydrogens (tertiary/aromatic N) is 1. The van der Waals surface area contributed by atoms with Crippen molar-refractivity contribution in [3.63, 3.8) is 0 Å². The minimum Gasteiger partial charge on any atom is -0.464 e. The number of anilines is 1. The van der Waals surface area contributed by atoms with Crippen molar-refractivity contribution in [2.75, 3.05) is 38.8 Å². The highest BCUT2D eigenvalue weighted by Crippen LogP contribution is 2.42. The summed E-state index contributed by atoms with van der Waals surface area (Å²) in [6.45, 7) is 18.2. The van der Waals surface area contributed by atoms with E-state index in [1.165, 1.54) is 16.0 Å². The molecule has 0 spiro atoms. The highest BCUT2D eigenvalue weighted by molar-refractivity contribution is 7.13. The SMILES string of the molecule is C=C(O/C=C\C)c1sc(Cc2ccccc2CC)c(N(C)C(C)(C)C=O)c1C.CCNC=O.CO.OC1CCOCC1. The number of allylic oxidation sites excluding steroid dienone is 1. The van der Waals surface area contributed by atoms with Gasteiger partial charge < -0.3 is 34.7 Å². The lowest BCUT2D eigenvalue weighted by Gasteiger charge is -2.33. The first-order valence-corrected chi connectivity index (χ1v) is 15.1. The molecule has 3 N–H and O–H groups in total. The van der Waals surface area contributed by atoms with Gasteiger partial charge in [0.15, 0.2) is 0 Å². The Morgan fingerprint density at radius 3 is 2.21 bits per heavy atom. The molecule has 2 heterocycles. The Bertz CT molecular complexity index is 1090. The molecule has 1 aromatic heterocycles. The van der Waals surface area contributed by atoms with Crippen LogP contribution in [0.5, 0.6) is 0 Å². The van der Waals surface area contributed by atoms with E-state index in [9.17, 15) is 9.59 Å². The zero-order valence-corrected chi connectivity index (χ0v) is 27.6. The molecule has 236 valence electrons. The van der Waals surface area contributed by atoms with Crippen molar-refractivity contribution in [1.29, 1.82) is 0 Å². The number of carbonyl (C=O) groups excluding carboxylic acids is 2. The smallest absolute Gasteiger partial charge is 0.207 e. The average Bonchev–Trinajstić information content (AvgIpc) is 3.33. The van der Waals surface area contributed by atoms with Gasteiger partial charge >= 0.3 is 0 Å². The van der Waals surface area contributed by atoms with Gasteiger partial charge in [0.2, 0.25) is 6.41 Å². The van der Waals surface area contributed by atoms with Crippen LogP contribution in [0, 0.1) is 6.92 Å². The number of aliphatic hydroxyl groups excluding tert-OH is 2. The lowest BCUT2D eigenvalue weighted by molar-refractivity contribution is -0.111. The molecule has 1 fully saturated rings. The topological polar surface area (TPSA) is 108 Å². The van der Waals surface area contributed by atoms with Gasteiger partial charge in [0, 0.05) is 45.2 Å². The molecule has 0 unspecified atom stereocenters. The van der Waals surface area contributed by atoms with Gasteiger partial charge in [0.05, 0.1) is 28.5 Å². The Kier molecular flexibility index (Phi) is 20.1. The van der Waals surface area contributed by atoms with E-state index in [0.29, 0.717) is 12.2 Å². The van der Waals surface area contributed by atoms with Gasteiger partial charge in [-0.25, -0.2) is 0 Å². The van der Waals surface area contributed by atoms with Crippen molar-refractivity contribution < 1.29 is 29.3 Å². The highest BCUT2D eigenvalue weighted by Gasteiger charge is 2.29. The van der Waals surface area contributed by atoms with Crippen LogP contribution in [-0.2, 0) is 31.9 Å². The maximum Gasteiger partial charge on any atom is 0.207 e. The Morgan fingerprint density at radius 2 is 1.79 bits per heavy atom. The molecule has 0 saturated carbocycles. The summed E-state index contributed by atoms with van der Waals surface area (Å²) < 4.78 is 10.6. The molecule has 0 bridgehead atoms. The van der Waals surface area contributed by atoms with Crippen LogP contribution in [0.2, 0.25) is 0 Å². The van der Waals surface area contributed by atoms with Crippen LogP contribution in [-0.4, -0.2) is 68.5 Å². The van der Waals surface area contributed by atoms with E-state index >= 15 is 0 Å². The molecule has 1 aromatic carbocycles. The van der Waals surface area contributed by atoms with Crippen LogP contribution in [0.15, 0.2) is 43.2 Å². The first-order chi connectivity index (χ1) is 20.1. The van der Waals surface area contributed by atoms with Crippen LogP contribution < -0.4 is 10.2 Å². The molecule has 42 heavy (non-hydrogen) atoms. The average molecular weight is 605 g/mol. The van der Waals surface area contributed by atoms with Crippen LogP contribution in [0.1, 0.15) is 73.9 Å². The molecule has 1 aliphatic heterocycles. The maximum absolute atomic E-state index is 11.7. The largest absolute Gasteiger partial charge is 0.464 e. The van der Waals surface area contributed by atoms with Crippen molar-refractivity contribution in [1.82, 2.24) is 5.32 Å². The fourth-order valence-electron chi connectivity index (χ4n) is 3.98. The van der Waals surface area contributed by atoms with E-state index in [1.54, 1.807) is 17.6 Å². The Hall–Kier alpha value is -2.98. The first-order valence-electron chi connectivity index (χ1n) is 14.3. The van der Waals surface area contributed by atoms with Gasteiger partial charge in [-0.15, -0.1) is 11.3 Å². The molecule has 0 atom stereocenters. The number of thiophene rings is 1. The number of carbonyl (C=O) groups is 2. The second-order valence-corrected chi connectivity index (χ2v) is 11.1. The first kappa shape index (κ1) is 39.0.